The van der Waals surface area contributed by atoms with E-state index in [-0.39, 0.29) is 0 Å². The van der Waals surface area contributed by atoms with Crippen molar-refractivity contribution in [1.82, 2.24) is 10.6 Å². The summed E-state index contributed by atoms with van der Waals surface area (Å²) in [5.74, 6) is 0. The van der Waals surface area contributed by atoms with Crippen LogP contribution in [-0.2, 0) is 11.3 Å². The van der Waals surface area contributed by atoms with Crippen molar-refractivity contribution in [1.29, 1.82) is 0 Å². The molecule has 0 amide bonds. The molecule has 0 bridgehead atoms. The molecule has 0 spiro atoms. The second kappa shape index (κ2) is 8.20. The highest BCUT2D eigenvalue weighted by Crippen LogP contribution is 2.20. The van der Waals surface area contributed by atoms with E-state index in [9.17, 15) is 0 Å². The fourth-order valence-electron chi connectivity index (χ4n) is 1.30. The van der Waals surface area contributed by atoms with Gasteiger partial charge in [0.15, 0.2) is 0 Å². The Hall–Kier alpha value is 0.0600. The second-order valence-corrected chi connectivity index (χ2v) is 6.03. The van der Waals surface area contributed by atoms with Crippen LogP contribution < -0.4 is 10.6 Å². The topological polar surface area (TPSA) is 33.3 Å². The van der Waals surface area contributed by atoms with Crippen LogP contribution in [0.15, 0.2) is 15.2 Å². The average Bonchev–Trinajstić information content (AvgIpc) is 2.68. The molecule has 1 aromatic heterocycles. The Morgan fingerprint density at radius 3 is 3.00 bits per heavy atom. The zero-order valence-corrected chi connectivity index (χ0v) is 12.2. The van der Waals surface area contributed by atoms with Gasteiger partial charge in [-0.2, -0.15) is 0 Å². The fourth-order valence-corrected chi connectivity index (χ4v) is 2.50. The summed E-state index contributed by atoms with van der Waals surface area (Å²) < 4.78 is 6.16. The molecular formula is C11H19BrN2OS. The summed E-state index contributed by atoms with van der Waals surface area (Å²) in [7, 11) is 1.72. The van der Waals surface area contributed by atoms with Crippen molar-refractivity contribution in [3.63, 3.8) is 0 Å². The lowest BCUT2D eigenvalue weighted by molar-refractivity contribution is 0.198. The van der Waals surface area contributed by atoms with Gasteiger partial charge in [0.2, 0.25) is 0 Å². The van der Waals surface area contributed by atoms with E-state index in [0.29, 0.717) is 6.04 Å². The normalized spacial score (nSPS) is 12.9. The molecular weight excluding hydrogens is 288 g/mol. The molecule has 1 rings (SSSR count). The van der Waals surface area contributed by atoms with Crippen LogP contribution in [0.25, 0.3) is 0 Å². The van der Waals surface area contributed by atoms with E-state index in [2.05, 4.69) is 44.9 Å². The summed E-state index contributed by atoms with van der Waals surface area (Å²) in [5, 5.41) is 8.97. The van der Waals surface area contributed by atoms with Crippen molar-refractivity contribution in [3.8, 4) is 0 Å². The van der Waals surface area contributed by atoms with Crippen LogP contribution in [0.2, 0.25) is 0 Å². The summed E-state index contributed by atoms with van der Waals surface area (Å²) in [6.45, 7) is 5.75. The predicted molar refractivity (Wildman–Crippen MR) is 73.1 cm³/mol. The first kappa shape index (κ1) is 14.1. The van der Waals surface area contributed by atoms with Gasteiger partial charge in [-0.1, -0.05) is 0 Å². The molecule has 0 aromatic carbocycles. The third-order valence-electron chi connectivity index (χ3n) is 2.21. The number of halogens is 1. The van der Waals surface area contributed by atoms with Crippen molar-refractivity contribution in [2.45, 2.75) is 19.5 Å². The molecule has 1 unspecified atom stereocenters. The van der Waals surface area contributed by atoms with Gasteiger partial charge in [-0.05, 0) is 39.9 Å². The maximum absolute atomic E-state index is 4.97. The quantitative estimate of drug-likeness (QED) is 0.723. The molecule has 0 saturated carbocycles. The summed E-state index contributed by atoms with van der Waals surface area (Å²) in [4.78, 5) is 0. The Morgan fingerprint density at radius 1 is 1.56 bits per heavy atom. The van der Waals surface area contributed by atoms with Crippen LogP contribution in [0, 0.1) is 0 Å². The lowest BCUT2D eigenvalue weighted by Gasteiger charge is -2.13. The lowest BCUT2D eigenvalue weighted by Crippen LogP contribution is -2.37. The average molecular weight is 307 g/mol. The van der Waals surface area contributed by atoms with Crippen molar-refractivity contribution in [2.75, 3.05) is 26.8 Å². The summed E-state index contributed by atoms with van der Waals surface area (Å²) in [5.41, 5.74) is 1.33. The molecule has 0 aliphatic rings. The van der Waals surface area contributed by atoms with Crippen molar-refractivity contribution >= 4 is 27.3 Å². The van der Waals surface area contributed by atoms with E-state index in [4.69, 9.17) is 4.74 Å². The largest absolute Gasteiger partial charge is 0.383 e. The predicted octanol–water partition coefficient (Wildman–Crippen LogP) is 2.22. The number of ether oxygens (including phenoxy) is 1. The zero-order chi connectivity index (χ0) is 11.8. The summed E-state index contributed by atoms with van der Waals surface area (Å²) >= 11 is 5.19. The van der Waals surface area contributed by atoms with Crippen LogP contribution in [-0.4, -0.2) is 32.8 Å². The second-order valence-electron chi connectivity index (χ2n) is 3.74. The lowest BCUT2D eigenvalue weighted by atomic mass is 10.3. The van der Waals surface area contributed by atoms with E-state index < -0.39 is 0 Å². The van der Waals surface area contributed by atoms with Gasteiger partial charge >= 0.3 is 0 Å². The van der Waals surface area contributed by atoms with E-state index in [1.54, 1.807) is 18.4 Å². The van der Waals surface area contributed by atoms with Crippen LogP contribution >= 0.6 is 27.3 Å². The summed E-state index contributed by atoms with van der Waals surface area (Å²) in [6.07, 6.45) is 0. The van der Waals surface area contributed by atoms with Crippen molar-refractivity contribution in [2.24, 2.45) is 0 Å². The summed E-state index contributed by atoms with van der Waals surface area (Å²) in [6, 6.07) is 2.62. The Kier molecular flexibility index (Phi) is 7.23. The van der Waals surface area contributed by atoms with Gasteiger partial charge in [0.1, 0.15) is 0 Å². The third kappa shape index (κ3) is 5.96. The Labute approximate surface area is 110 Å². The molecule has 2 N–H and O–H groups in total. The van der Waals surface area contributed by atoms with Gasteiger partial charge in [-0.15, -0.1) is 11.3 Å². The number of thiophene rings is 1. The number of rotatable bonds is 8. The highest BCUT2D eigenvalue weighted by molar-refractivity contribution is 9.11. The Morgan fingerprint density at radius 2 is 2.38 bits per heavy atom. The highest BCUT2D eigenvalue weighted by atomic mass is 79.9. The maximum atomic E-state index is 4.97. The minimum Gasteiger partial charge on any atom is -0.383 e. The number of hydrogen-bond donors (Lipinski definition) is 2. The first-order valence-corrected chi connectivity index (χ1v) is 7.05. The molecule has 0 aliphatic heterocycles. The number of methoxy groups -OCH3 is 1. The first-order valence-electron chi connectivity index (χ1n) is 5.38. The number of hydrogen-bond acceptors (Lipinski definition) is 4. The van der Waals surface area contributed by atoms with Crippen LogP contribution in [0.3, 0.4) is 0 Å². The van der Waals surface area contributed by atoms with Gasteiger partial charge in [-0.3, -0.25) is 0 Å². The highest BCUT2D eigenvalue weighted by Gasteiger charge is 2.02. The molecule has 1 heterocycles. The molecule has 0 aliphatic carbocycles. The van der Waals surface area contributed by atoms with E-state index in [1.165, 1.54) is 9.35 Å². The van der Waals surface area contributed by atoms with Gasteiger partial charge in [0.05, 0.1) is 10.4 Å². The van der Waals surface area contributed by atoms with Crippen molar-refractivity contribution < 1.29 is 4.74 Å². The molecule has 0 saturated heterocycles. The van der Waals surface area contributed by atoms with Crippen LogP contribution in [0.5, 0.6) is 0 Å². The minimum absolute atomic E-state index is 0.468. The third-order valence-corrected chi connectivity index (χ3v) is 3.76. The Bertz CT molecular complexity index is 293. The standard InChI is InChI=1S/C11H19BrN2OS/c1-9(6-13-3-4-15-2)14-7-10-5-11(12)16-8-10/h5,8-9,13-14H,3-4,6-7H2,1-2H3. The molecule has 16 heavy (non-hydrogen) atoms. The minimum atomic E-state index is 0.468. The molecule has 92 valence electrons. The molecule has 3 nitrogen and oxygen atoms in total. The van der Waals surface area contributed by atoms with E-state index in [1.807, 2.05) is 0 Å². The molecule has 0 radical (unpaired) electrons. The van der Waals surface area contributed by atoms with Gasteiger partial charge in [0.25, 0.3) is 0 Å². The zero-order valence-electron chi connectivity index (χ0n) is 9.75. The monoisotopic (exact) mass is 306 g/mol. The Balaban J connectivity index is 2.08. The molecule has 1 atom stereocenters. The molecule has 1 aromatic rings. The van der Waals surface area contributed by atoms with Gasteiger partial charge in [0, 0.05) is 32.8 Å². The fraction of sp³-hybridized carbons (Fsp3) is 0.636. The molecule has 5 heteroatoms. The van der Waals surface area contributed by atoms with Crippen LogP contribution in [0.1, 0.15) is 12.5 Å². The molecule has 0 fully saturated rings. The first-order chi connectivity index (χ1) is 7.72. The maximum Gasteiger partial charge on any atom is 0.0701 e. The van der Waals surface area contributed by atoms with E-state index in [0.717, 1.165) is 26.2 Å². The smallest absolute Gasteiger partial charge is 0.0701 e. The van der Waals surface area contributed by atoms with Crippen molar-refractivity contribution in [3.05, 3.63) is 20.8 Å². The SMILES string of the molecule is COCCNCC(C)NCc1csc(Br)c1. The van der Waals surface area contributed by atoms with Gasteiger partial charge < -0.3 is 15.4 Å². The van der Waals surface area contributed by atoms with Gasteiger partial charge in [-0.25, -0.2) is 0 Å². The van der Waals surface area contributed by atoms with E-state index >= 15 is 0 Å². The number of nitrogens with one attached hydrogen (secondary N) is 2. The van der Waals surface area contributed by atoms with Crippen LogP contribution in [0.4, 0.5) is 0 Å².